The van der Waals surface area contributed by atoms with Crippen molar-refractivity contribution in [2.45, 2.75) is 59.2 Å². The second-order valence-corrected chi connectivity index (χ2v) is 9.05. The maximum atomic E-state index is 12.8. The molecule has 6 heteroatoms. The Morgan fingerprint density at radius 1 is 1.12 bits per heavy atom. The van der Waals surface area contributed by atoms with E-state index in [4.69, 9.17) is 9.15 Å². The summed E-state index contributed by atoms with van der Waals surface area (Å²) in [6.45, 7) is 8.68. The van der Waals surface area contributed by atoms with Crippen LogP contribution in [0.2, 0.25) is 0 Å². The Kier molecular flexibility index (Phi) is 7.06. The van der Waals surface area contributed by atoms with Crippen molar-refractivity contribution in [2.24, 2.45) is 0 Å². The third kappa shape index (κ3) is 5.16. The number of furan rings is 1. The van der Waals surface area contributed by atoms with Crippen molar-refractivity contribution in [2.75, 3.05) is 6.54 Å². The van der Waals surface area contributed by atoms with E-state index in [0.29, 0.717) is 24.5 Å². The number of nitrogens with one attached hydrogen (secondary N) is 1. The van der Waals surface area contributed by atoms with E-state index in [1.807, 2.05) is 37.8 Å². The molecule has 2 aromatic carbocycles. The third-order valence-corrected chi connectivity index (χ3v) is 6.05. The average Bonchev–Trinajstić information content (AvgIpc) is 3.31. The van der Waals surface area contributed by atoms with Gasteiger partial charge >= 0.3 is 0 Å². The molecule has 0 saturated heterocycles. The molecular formula is C28H32N2O4. The molecule has 2 amide bonds. The van der Waals surface area contributed by atoms with Crippen LogP contribution in [0, 0.1) is 6.92 Å². The van der Waals surface area contributed by atoms with Crippen LogP contribution in [0.4, 0.5) is 0 Å². The van der Waals surface area contributed by atoms with Gasteiger partial charge in [0.2, 0.25) is 5.91 Å². The van der Waals surface area contributed by atoms with Crippen molar-refractivity contribution in [3.05, 3.63) is 88.4 Å². The first-order chi connectivity index (χ1) is 16.4. The van der Waals surface area contributed by atoms with Crippen LogP contribution in [0.25, 0.3) is 0 Å². The molecule has 1 aliphatic heterocycles. The van der Waals surface area contributed by atoms with Gasteiger partial charge in [0, 0.05) is 19.0 Å². The van der Waals surface area contributed by atoms with Gasteiger partial charge in [-0.05, 0) is 68.1 Å². The summed E-state index contributed by atoms with van der Waals surface area (Å²) < 4.78 is 11.7. The van der Waals surface area contributed by atoms with Gasteiger partial charge in [0.05, 0.1) is 6.04 Å². The van der Waals surface area contributed by atoms with Gasteiger partial charge in [-0.3, -0.25) is 9.59 Å². The molecule has 178 valence electrons. The summed E-state index contributed by atoms with van der Waals surface area (Å²) in [5.74, 6) is 1.45. The van der Waals surface area contributed by atoms with Gasteiger partial charge in [-0.15, -0.1) is 0 Å². The molecule has 34 heavy (non-hydrogen) atoms. The van der Waals surface area contributed by atoms with Crippen LogP contribution >= 0.6 is 0 Å². The van der Waals surface area contributed by atoms with E-state index in [1.54, 1.807) is 12.1 Å². The van der Waals surface area contributed by atoms with E-state index in [-0.39, 0.29) is 36.3 Å². The van der Waals surface area contributed by atoms with E-state index in [0.717, 1.165) is 17.5 Å². The first-order valence-corrected chi connectivity index (χ1v) is 11.9. The topological polar surface area (TPSA) is 71.8 Å². The third-order valence-electron chi connectivity index (χ3n) is 6.05. The first kappa shape index (κ1) is 23.6. The number of aryl methyl sites for hydroxylation is 1. The lowest BCUT2D eigenvalue weighted by molar-refractivity contribution is -0.132. The smallest absolute Gasteiger partial charge is 0.287 e. The second kappa shape index (κ2) is 10.2. The number of nitrogens with zero attached hydrogens (tertiary/aromatic N) is 1. The summed E-state index contributed by atoms with van der Waals surface area (Å²) in [5.41, 5.74) is 4.59. The van der Waals surface area contributed by atoms with E-state index >= 15 is 0 Å². The number of rotatable bonds is 7. The molecule has 0 spiro atoms. The predicted molar refractivity (Wildman–Crippen MR) is 131 cm³/mol. The predicted octanol–water partition coefficient (Wildman–Crippen LogP) is 5.19. The number of amides is 2. The zero-order chi connectivity index (χ0) is 24.2. The SMILES string of the molecule is CCC(=O)N1CCc2ccc(OCc3ccc(C(=O)NC(C)C)o3)cc2C1c1ccc(C)cc1. The Bertz CT molecular complexity index is 1160. The number of hydrogen-bond acceptors (Lipinski definition) is 4. The lowest BCUT2D eigenvalue weighted by atomic mass is 9.87. The number of benzene rings is 2. The summed E-state index contributed by atoms with van der Waals surface area (Å²) in [7, 11) is 0. The monoisotopic (exact) mass is 460 g/mol. The fourth-order valence-corrected chi connectivity index (χ4v) is 4.33. The minimum absolute atomic E-state index is 0.0356. The number of hydrogen-bond donors (Lipinski definition) is 1. The molecule has 2 heterocycles. The van der Waals surface area contributed by atoms with Crippen molar-refractivity contribution in [3.8, 4) is 5.75 Å². The van der Waals surface area contributed by atoms with Gasteiger partial charge in [0.25, 0.3) is 5.91 Å². The second-order valence-electron chi connectivity index (χ2n) is 9.05. The summed E-state index contributed by atoms with van der Waals surface area (Å²) >= 11 is 0. The maximum Gasteiger partial charge on any atom is 0.287 e. The molecule has 0 radical (unpaired) electrons. The van der Waals surface area contributed by atoms with Crippen molar-refractivity contribution in [1.29, 1.82) is 0 Å². The van der Waals surface area contributed by atoms with Crippen LogP contribution in [-0.4, -0.2) is 29.3 Å². The Morgan fingerprint density at radius 3 is 2.59 bits per heavy atom. The normalized spacial score (nSPS) is 15.2. The molecule has 4 rings (SSSR count). The first-order valence-electron chi connectivity index (χ1n) is 11.9. The average molecular weight is 461 g/mol. The molecule has 6 nitrogen and oxygen atoms in total. The van der Waals surface area contributed by atoms with E-state index in [2.05, 4.69) is 42.6 Å². The van der Waals surface area contributed by atoms with Gasteiger partial charge in [-0.1, -0.05) is 42.8 Å². The summed E-state index contributed by atoms with van der Waals surface area (Å²) in [5, 5.41) is 2.82. The molecule has 0 aliphatic carbocycles. The molecule has 0 fully saturated rings. The van der Waals surface area contributed by atoms with Crippen LogP contribution in [0.3, 0.4) is 0 Å². The molecule has 3 aromatic rings. The van der Waals surface area contributed by atoms with Crippen LogP contribution in [-0.2, 0) is 17.8 Å². The number of carbonyl (C=O) groups excluding carboxylic acids is 2. The number of carbonyl (C=O) groups is 2. The zero-order valence-corrected chi connectivity index (χ0v) is 20.3. The molecule has 1 N–H and O–H groups in total. The van der Waals surface area contributed by atoms with Gasteiger partial charge in [-0.25, -0.2) is 0 Å². The molecular weight excluding hydrogens is 428 g/mol. The van der Waals surface area contributed by atoms with Crippen LogP contribution in [0.5, 0.6) is 5.75 Å². The van der Waals surface area contributed by atoms with Crippen molar-refractivity contribution in [1.82, 2.24) is 10.2 Å². The van der Waals surface area contributed by atoms with E-state index in [9.17, 15) is 9.59 Å². The molecule has 1 aliphatic rings. The summed E-state index contributed by atoms with van der Waals surface area (Å²) in [6.07, 6.45) is 1.29. The summed E-state index contributed by atoms with van der Waals surface area (Å²) in [4.78, 5) is 26.9. The van der Waals surface area contributed by atoms with Gasteiger partial charge < -0.3 is 19.4 Å². The number of ether oxygens (including phenoxy) is 1. The van der Waals surface area contributed by atoms with Crippen LogP contribution in [0.15, 0.2) is 59.0 Å². The van der Waals surface area contributed by atoms with Crippen LogP contribution in [0.1, 0.15) is 71.8 Å². The molecule has 1 aromatic heterocycles. The standard InChI is InChI=1S/C28H32N2O4/c1-5-26(31)30-15-14-20-10-11-22(16-24(20)27(30)21-8-6-19(4)7-9-21)33-17-23-12-13-25(34-23)28(32)29-18(2)3/h6-13,16,18,27H,5,14-15,17H2,1-4H3,(H,29,32). The van der Waals surface area contributed by atoms with E-state index < -0.39 is 0 Å². The molecule has 0 bridgehead atoms. The fraction of sp³-hybridized carbons (Fsp3) is 0.357. The zero-order valence-electron chi connectivity index (χ0n) is 20.3. The molecule has 1 unspecified atom stereocenters. The Morgan fingerprint density at radius 2 is 1.88 bits per heavy atom. The minimum Gasteiger partial charge on any atom is -0.486 e. The van der Waals surface area contributed by atoms with Crippen molar-refractivity contribution >= 4 is 11.8 Å². The Balaban J connectivity index is 1.57. The highest BCUT2D eigenvalue weighted by Crippen LogP contribution is 2.37. The highest BCUT2D eigenvalue weighted by atomic mass is 16.5. The molecule has 1 atom stereocenters. The largest absolute Gasteiger partial charge is 0.486 e. The van der Waals surface area contributed by atoms with Crippen LogP contribution < -0.4 is 10.1 Å². The number of fused-ring (bicyclic) bond motifs is 1. The van der Waals surface area contributed by atoms with Gasteiger partial charge in [-0.2, -0.15) is 0 Å². The Hall–Kier alpha value is -3.54. The highest BCUT2D eigenvalue weighted by Gasteiger charge is 2.31. The Labute approximate surface area is 200 Å². The maximum absolute atomic E-state index is 12.8. The van der Waals surface area contributed by atoms with Gasteiger partial charge in [0.1, 0.15) is 18.1 Å². The summed E-state index contributed by atoms with van der Waals surface area (Å²) in [6, 6.07) is 17.8. The quantitative estimate of drug-likeness (QED) is 0.527. The molecule has 0 saturated carbocycles. The minimum atomic E-state index is -0.239. The van der Waals surface area contributed by atoms with Crippen molar-refractivity contribution in [3.63, 3.8) is 0 Å². The van der Waals surface area contributed by atoms with Gasteiger partial charge in [0.15, 0.2) is 5.76 Å². The fourth-order valence-electron chi connectivity index (χ4n) is 4.33. The lowest BCUT2D eigenvalue weighted by Gasteiger charge is -2.38. The highest BCUT2D eigenvalue weighted by molar-refractivity contribution is 5.91. The van der Waals surface area contributed by atoms with Crippen molar-refractivity contribution < 1.29 is 18.7 Å². The van der Waals surface area contributed by atoms with E-state index in [1.165, 1.54) is 11.1 Å². The lowest BCUT2D eigenvalue weighted by Crippen LogP contribution is -2.40.